The van der Waals surface area contributed by atoms with E-state index in [1.165, 1.54) is 0 Å². The Morgan fingerprint density at radius 1 is 1.30 bits per heavy atom. The number of hydrogen-bond donors (Lipinski definition) is 2. The second-order valence-electron chi connectivity index (χ2n) is 5.25. The molecule has 0 aromatic heterocycles. The number of carbonyl (C=O) groups is 2. The Labute approximate surface area is 119 Å². The van der Waals surface area contributed by atoms with E-state index in [-0.39, 0.29) is 17.7 Å². The van der Waals surface area contributed by atoms with Crippen molar-refractivity contribution < 1.29 is 9.59 Å². The molecule has 1 fully saturated rings. The van der Waals surface area contributed by atoms with Crippen molar-refractivity contribution in [3.8, 4) is 0 Å². The van der Waals surface area contributed by atoms with Gasteiger partial charge >= 0.3 is 0 Å². The lowest BCUT2D eigenvalue weighted by Crippen LogP contribution is -2.42. The van der Waals surface area contributed by atoms with Gasteiger partial charge in [0.2, 0.25) is 5.91 Å². The first-order valence-electron chi connectivity index (χ1n) is 6.90. The lowest BCUT2D eigenvalue weighted by molar-refractivity contribution is -0.125. The average Bonchev–Trinajstić information content (AvgIpc) is 2.48. The highest BCUT2D eigenvalue weighted by Gasteiger charge is 2.27. The molecule has 1 heterocycles. The first-order chi connectivity index (χ1) is 9.52. The molecule has 5 heteroatoms. The number of aryl methyl sites for hydroxylation is 1. The number of amides is 2. The van der Waals surface area contributed by atoms with Gasteiger partial charge in [-0.3, -0.25) is 9.59 Å². The highest BCUT2D eigenvalue weighted by atomic mass is 16.2. The summed E-state index contributed by atoms with van der Waals surface area (Å²) < 4.78 is 0. The fraction of sp³-hybridized carbons (Fsp3) is 0.467. The van der Waals surface area contributed by atoms with Crippen molar-refractivity contribution in [1.29, 1.82) is 0 Å². The first kappa shape index (κ1) is 14.4. The van der Waals surface area contributed by atoms with Crippen LogP contribution in [0.15, 0.2) is 18.2 Å². The molecule has 0 saturated carbocycles. The van der Waals surface area contributed by atoms with Crippen molar-refractivity contribution in [3.05, 3.63) is 29.3 Å². The minimum atomic E-state index is 0.0171. The van der Waals surface area contributed by atoms with Crippen LogP contribution in [-0.4, -0.2) is 36.9 Å². The van der Waals surface area contributed by atoms with Crippen molar-refractivity contribution >= 4 is 17.5 Å². The maximum atomic E-state index is 12.4. The molecule has 2 rings (SSSR count). The Morgan fingerprint density at radius 3 is 2.50 bits per heavy atom. The third-order valence-corrected chi connectivity index (χ3v) is 3.92. The zero-order valence-electron chi connectivity index (χ0n) is 12.0. The molecule has 1 saturated heterocycles. The van der Waals surface area contributed by atoms with Gasteiger partial charge in [-0.1, -0.05) is 0 Å². The predicted molar refractivity (Wildman–Crippen MR) is 78.3 cm³/mol. The lowest BCUT2D eigenvalue weighted by atomic mass is 9.95. The number of hydrogen-bond acceptors (Lipinski definition) is 3. The SMILES string of the molecule is CNC(=O)C1CCN(C(=O)c2ccc(N)c(C)c2)CC1. The summed E-state index contributed by atoms with van der Waals surface area (Å²) >= 11 is 0. The standard InChI is InChI=1S/C15H21N3O2/c1-10-9-12(3-4-13(10)16)15(20)18-7-5-11(6-8-18)14(19)17-2/h3-4,9,11H,5-8,16H2,1-2H3,(H,17,19). The van der Waals surface area contributed by atoms with Crippen LogP contribution in [0.4, 0.5) is 5.69 Å². The van der Waals surface area contributed by atoms with Gasteiger partial charge in [0.1, 0.15) is 0 Å². The Kier molecular flexibility index (Phi) is 4.27. The zero-order valence-corrected chi connectivity index (χ0v) is 12.0. The fourth-order valence-electron chi connectivity index (χ4n) is 2.54. The normalized spacial score (nSPS) is 16.0. The van der Waals surface area contributed by atoms with Crippen LogP contribution in [0.2, 0.25) is 0 Å². The molecule has 0 bridgehead atoms. The van der Waals surface area contributed by atoms with Crippen molar-refractivity contribution in [2.75, 3.05) is 25.9 Å². The van der Waals surface area contributed by atoms with Crippen LogP contribution in [0.5, 0.6) is 0 Å². The van der Waals surface area contributed by atoms with Crippen LogP contribution in [0.3, 0.4) is 0 Å². The van der Waals surface area contributed by atoms with Gasteiger partial charge < -0.3 is 16.0 Å². The van der Waals surface area contributed by atoms with Crippen LogP contribution < -0.4 is 11.1 Å². The summed E-state index contributed by atoms with van der Waals surface area (Å²) in [4.78, 5) is 25.8. The van der Waals surface area contributed by atoms with Crippen LogP contribution >= 0.6 is 0 Å². The van der Waals surface area contributed by atoms with Crippen molar-refractivity contribution in [2.24, 2.45) is 5.92 Å². The second-order valence-corrected chi connectivity index (χ2v) is 5.25. The maximum absolute atomic E-state index is 12.4. The number of benzene rings is 1. The summed E-state index contributed by atoms with van der Waals surface area (Å²) in [6.07, 6.45) is 1.44. The van der Waals surface area contributed by atoms with E-state index in [2.05, 4.69) is 5.32 Å². The highest BCUT2D eigenvalue weighted by Crippen LogP contribution is 2.20. The van der Waals surface area contributed by atoms with Gasteiger partial charge in [0.15, 0.2) is 0 Å². The smallest absolute Gasteiger partial charge is 0.253 e. The third kappa shape index (κ3) is 2.92. The Bertz CT molecular complexity index is 520. The average molecular weight is 275 g/mol. The maximum Gasteiger partial charge on any atom is 0.253 e. The second kappa shape index (κ2) is 5.94. The molecule has 2 amide bonds. The molecule has 3 N–H and O–H groups in total. The number of nitrogens with zero attached hydrogens (tertiary/aromatic N) is 1. The van der Waals surface area contributed by atoms with E-state index in [0.717, 1.165) is 18.4 Å². The quantitative estimate of drug-likeness (QED) is 0.796. The Balaban J connectivity index is 2.01. The first-order valence-corrected chi connectivity index (χ1v) is 6.90. The summed E-state index contributed by atoms with van der Waals surface area (Å²) in [7, 11) is 1.65. The lowest BCUT2D eigenvalue weighted by Gasteiger charge is -2.31. The van der Waals surface area contributed by atoms with Gasteiger partial charge in [0.25, 0.3) is 5.91 Å². The highest BCUT2D eigenvalue weighted by molar-refractivity contribution is 5.95. The number of likely N-dealkylation sites (tertiary alicyclic amines) is 1. The van der Waals surface area contributed by atoms with Crippen LogP contribution in [0.1, 0.15) is 28.8 Å². The number of piperidine rings is 1. The molecule has 0 aliphatic carbocycles. The topological polar surface area (TPSA) is 75.4 Å². The van der Waals surface area contributed by atoms with Gasteiger partial charge in [0.05, 0.1) is 0 Å². The molecular weight excluding hydrogens is 254 g/mol. The monoisotopic (exact) mass is 275 g/mol. The van der Waals surface area contributed by atoms with Gasteiger partial charge in [-0.15, -0.1) is 0 Å². The van der Waals surface area contributed by atoms with E-state index >= 15 is 0 Å². The van der Waals surface area contributed by atoms with Gasteiger partial charge in [-0.05, 0) is 43.5 Å². The van der Waals surface area contributed by atoms with Gasteiger partial charge in [0, 0.05) is 37.3 Å². The van der Waals surface area contributed by atoms with Crippen LogP contribution in [-0.2, 0) is 4.79 Å². The fourth-order valence-corrected chi connectivity index (χ4v) is 2.54. The molecule has 0 atom stereocenters. The summed E-state index contributed by atoms with van der Waals surface area (Å²) in [6, 6.07) is 5.35. The Hall–Kier alpha value is -2.04. The molecule has 5 nitrogen and oxygen atoms in total. The third-order valence-electron chi connectivity index (χ3n) is 3.92. The number of anilines is 1. The number of nitrogen functional groups attached to an aromatic ring is 1. The summed E-state index contributed by atoms with van der Waals surface area (Å²) in [5.74, 6) is 0.112. The number of rotatable bonds is 2. The summed E-state index contributed by atoms with van der Waals surface area (Å²) in [5, 5.41) is 2.67. The molecule has 1 aromatic carbocycles. The number of carbonyl (C=O) groups excluding carboxylic acids is 2. The molecule has 0 spiro atoms. The molecule has 1 aliphatic heterocycles. The summed E-state index contributed by atoms with van der Waals surface area (Å²) in [5.41, 5.74) is 8.03. The molecule has 20 heavy (non-hydrogen) atoms. The molecule has 1 aliphatic rings. The number of nitrogens with one attached hydrogen (secondary N) is 1. The molecule has 0 radical (unpaired) electrons. The largest absolute Gasteiger partial charge is 0.399 e. The van der Waals surface area contributed by atoms with E-state index in [1.807, 2.05) is 17.9 Å². The summed E-state index contributed by atoms with van der Waals surface area (Å²) in [6.45, 7) is 3.14. The van der Waals surface area contributed by atoms with Gasteiger partial charge in [-0.2, -0.15) is 0 Å². The van der Waals surface area contributed by atoms with Crippen LogP contribution in [0, 0.1) is 12.8 Å². The molecule has 0 unspecified atom stereocenters. The minimum absolute atomic E-state index is 0.0171. The molecule has 108 valence electrons. The number of nitrogens with two attached hydrogens (primary N) is 1. The minimum Gasteiger partial charge on any atom is -0.399 e. The predicted octanol–water partition coefficient (Wildman–Crippen LogP) is 1.18. The van der Waals surface area contributed by atoms with Gasteiger partial charge in [-0.25, -0.2) is 0 Å². The van der Waals surface area contributed by atoms with Crippen LogP contribution in [0.25, 0.3) is 0 Å². The molecular formula is C15H21N3O2. The van der Waals surface area contributed by atoms with Crippen molar-refractivity contribution in [1.82, 2.24) is 10.2 Å². The van der Waals surface area contributed by atoms with E-state index in [1.54, 1.807) is 19.2 Å². The van der Waals surface area contributed by atoms with E-state index in [4.69, 9.17) is 5.73 Å². The van der Waals surface area contributed by atoms with E-state index in [9.17, 15) is 9.59 Å². The van der Waals surface area contributed by atoms with E-state index < -0.39 is 0 Å². The molecule has 1 aromatic rings. The Morgan fingerprint density at radius 2 is 1.95 bits per heavy atom. The van der Waals surface area contributed by atoms with Crippen molar-refractivity contribution in [2.45, 2.75) is 19.8 Å². The zero-order chi connectivity index (χ0) is 14.7. The van der Waals surface area contributed by atoms with Crippen molar-refractivity contribution in [3.63, 3.8) is 0 Å². The van der Waals surface area contributed by atoms with E-state index in [0.29, 0.717) is 24.3 Å².